The SMILES string of the molecule is OCCOCCN1CCCC1c1ccccc1. The Labute approximate surface area is 103 Å². The number of likely N-dealkylation sites (tertiary alicyclic amines) is 1. The number of aliphatic hydroxyl groups excluding tert-OH is 1. The fourth-order valence-electron chi connectivity index (χ4n) is 2.49. The maximum atomic E-state index is 8.65. The van der Waals surface area contributed by atoms with Gasteiger partial charge in [0, 0.05) is 12.6 Å². The van der Waals surface area contributed by atoms with Crippen molar-refractivity contribution < 1.29 is 9.84 Å². The molecule has 0 spiro atoms. The molecule has 0 radical (unpaired) electrons. The lowest BCUT2D eigenvalue weighted by atomic mass is 10.0. The van der Waals surface area contributed by atoms with Crippen molar-refractivity contribution in [3.63, 3.8) is 0 Å². The first kappa shape index (κ1) is 12.6. The number of benzene rings is 1. The van der Waals surface area contributed by atoms with Crippen LogP contribution in [0.4, 0.5) is 0 Å². The van der Waals surface area contributed by atoms with Gasteiger partial charge in [-0.3, -0.25) is 4.90 Å². The molecule has 1 aromatic carbocycles. The number of nitrogens with zero attached hydrogens (tertiary/aromatic N) is 1. The first-order chi connectivity index (χ1) is 8.42. The summed E-state index contributed by atoms with van der Waals surface area (Å²) in [6, 6.07) is 11.2. The quantitative estimate of drug-likeness (QED) is 0.764. The van der Waals surface area contributed by atoms with Gasteiger partial charge in [0.15, 0.2) is 0 Å². The summed E-state index contributed by atoms with van der Waals surface area (Å²) in [5.74, 6) is 0. The van der Waals surface area contributed by atoms with Gasteiger partial charge in [0.2, 0.25) is 0 Å². The van der Waals surface area contributed by atoms with Gasteiger partial charge in [-0.1, -0.05) is 30.3 Å². The highest BCUT2D eigenvalue weighted by molar-refractivity contribution is 5.19. The van der Waals surface area contributed by atoms with Crippen molar-refractivity contribution in [2.45, 2.75) is 18.9 Å². The van der Waals surface area contributed by atoms with E-state index in [0.29, 0.717) is 19.3 Å². The van der Waals surface area contributed by atoms with Gasteiger partial charge in [-0.05, 0) is 24.9 Å². The Hall–Kier alpha value is -0.900. The molecule has 0 aliphatic carbocycles. The van der Waals surface area contributed by atoms with Gasteiger partial charge in [-0.2, -0.15) is 0 Å². The van der Waals surface area contributed by atoms with Crippen LogP contribution in [0, 0.1) is 0 Å². The minimum absolute atomic E-state index is 0.113. The molecule has 0 aromatic heterocycles. The van der Waals surface area contributed by atoms with Gasteiger partial charge >= 0.3 is 0 Å². The molecule has 3 nitrogen and oxygen atoms in total. The van der Waals surface area contributed by atoms with Crippen LogP contribution in [0.25, 0.3) is 0 Å². The largest absolute Gasteiger partial charge is 0.394 e. The lowest BCUT2D eigenvalue weighted by Crippen LogP contribution is -2.27. The van der Waals surface area contributed by atoms with Crippen LogP contribution in [0.5, 0.6) is 0 Å². The van der Waals surface area contributed by atoms with E-state index >= 15 is 0 Å². The van der Waals surface area contributed by atoms with E-state index in [-0.39, 0.29) is 6.61 Å². The topological polar surface area (TPSA) is 32.7 Å². The van der Waals surface area contributed by atoms with E-state index in [4.69, 9.17) is 9.84 Å². The highest BCUT2D eigenvalue weighted by Gasteiger charge is 2.24. The van der Waals surface area contributed by atoms with Crippen molar-refractivity contribution >= 4 is 0 Å². The number of aliphatic hydroxyl groups is 1. The van der Waals surface area contributed by atoms with Crippen molar-refractivity contribution in [2.75, 3.05) is 32.9 Å². The van der Waals surface area contributed by atoms with Crippen LogP contribution in [-0.4, -0.2) is 42.9 Å². The van der Waals surface area contributed by atoms with Gasteiger partial charge < -0.3 is 9.84 Å². The third kappa shape index (κ3) is 3.53. The number of rotatable bonds is 6. The normalized spacial score (nSPS) is 20.9. The fourth-order valence-corrected chi connectivity index (χ4v) is 2.49. The molecule has 3 heteroatoms. The Kier molecular flexibility index (Phi) is 4.98. The van der Waals surface area contributed by atoms with Crippen LogP contribution < -0.4 is 0 Å². The zero-order valence-corrected chi connectivity index (χ0v) is 10.2. The molecule has 1 atom stereocenters. The number of ether oxygens (including phenoxy) is 1. The molecule has 1 saturated heterocycles. The Morgan fingerprint density at radius 3 is 2.82 bits per heavy atom. The second kappa shape index (κ2) is 6.74. The van der Waals surface area contributed by atoms with Gasteiger partial charge in [-0.25, -0.2) is 0 Å². The Morgan fingerprint density at radius 2 is 2.06 bits per heavy atom. The molecule has 0 amide bonds. The molecule has 0 saturated carbocycles. The summed E-state index contributed by atoms with van der Waals surface area (Å²) in [6.45, 7) is 3.39. The van der Waals surface area contributed by atoms with Crippen molar-refractivity contribution in [1.82, 2.24) is 4.90 Å². The molecule has 1 aliphatic heterocycles. The minimum Gasteiger partial charge on any atom is -0.394 e. The Morgan fingerprint density at radius 1 is 1.24 bits per heavy atom. The molecule has 1 N–H and O–H groups in total. The Bertz CT molecular complexity index is 315. The molecule has 1 heterocycles. The summed E-state index contributed by atoms with van der Waals surface area (Å²) in [5, 5.41) is 8.65. The summed E-state index contributed by atoms with van der Waals surface area (Å²) in [5.41, 5.74) is 1.41. The van der Waals surface area contributed by atoms with E-state index < -0.39 is 0 Å². The second-order valence-electron chi connectivity index (χ2n) is 4.44. The molecular formula is C14H21NO2. The molecule has 1 aliphatic rings. The first-order valence-corrected chi connectivity index (χ1v) is 6.39. The highest BCUT2D eigenvalue weighted by Crippen LogP contribution is 2.31. The summed E-state index contributed by atoms with van der Waals surface area (Å²) in [6.07, 6.45) is 2.50. The van der Waals surface area contributed by atoms with Crippen molar-refractivity contribution in [1.29, 1.82) is 0 Å². The van der Waals surface area contributed by atoms with Gasteiger partial charge in [0.1, 0.15) is 0 Å². The molecule has 94 valence electrons. The van der Waals surface area contributed by atoms with Crippen LogP contribution >= 0.6 is 0 Å². The van der Waals surface area contributed by atoms with E-state index in [2.05, 4.69) is 35.2 Å². The van der Waals surface area contributed by atoms with Gasteiger partial charge in [0.05, 0.1) is 19.8 Å². The monoisotopic (exact) mass is 235 g/mol. The molecule has 1 aromatic rings. The maximum Gasteiger partial charge on any atom is 0.0698 e. The second-order valence-corrected chi connectivity index (χ2v) is 4.44. The minimum atomic E-state index is 0.113. The summed E-state index contributed by atoms with van der Waals surface area (Å²) < 4.78 is 5.34. The molecule has 0 bridgehead atoms. The van der Waals surface area contributed by atoms with E-state index in [1.54, 1.807) is 0 Å². The molecular weight excluding hydrogens is 214 g/mol. The smallest absolute Gasteiger partial charge is 0.0698 e. The van der Waals surface area contributed by atoms with Crippen molar-refractivity contribution in [2.24, 2.45) is 0 Å². The molecule has 17 heavy (non-hydrogen) atoms. The van der Waals surface area contributed by atoms with Crippen LogP contribution in [0.1, 0.15) is 24.4 Å². The first-order valence-electron chi connectivity index (χ1n) is 6.39. The summed E-state index contributed by atoms with van der Waals surface area (Å²) in [7, 11) is 0. The Balaban J connectivity index is 1.85. The zero-order chi connectivity index (χ0) is 11.9. The lowest BCUT2D eigenvalue weighted by Gasteiger charge is -2.24. The van der Waals surface area contributed by atoms with Crippen LogP contribution in [0.3, 0.4) is 0 Å². The van der Waals surface area contributed by atoms with Crippen molar-refractivity contribution in [3.8, 4) is 0 Å². The lowest BCUT2D eigenvalue weighted by molar-refractivity contribution is 0.0709. The maximum absolute atomic E-state index is 8.65. The fraction of sp³-hybridized carbons (Fsp3) is 0.571. The van der Waals surface area contributed by atoms with Gasteiger partial charge in [0.25, 0.3) is 0 Å². The van der Waals surface area contributed by atoms with Crippen LogP contribution in [0.2, 0.25) is 0 Å². The third-order valence-electron chi connectivity index (χ3n) is 3.31. The van der Waals surface area contributed by atoms with E-state index in [9.17, 15) is 0 Å². The summed E-state index contributed by atoms with van der Waals surface area (Å²) in [4.78, 5) is 2.48. The van der Waals surface area contributed by atoms with E-state index in [0.717, 1.165) is 13.1 Å². The highest BCUT2D eigenvalue weighted by atomic mass is 16.5. The van der Waals surface area contributed by atoms with E-state index in [1.807, 2.05) is 0 Å². The van der Waals surface area contributed by atoms with E-state index in [1.165, 1.54) is 18.4 Å². The molecule has 1 unspecified atom stereocenters. The zero-order valence-electron chi connectivity index (χ0n) is 10.2. The number of hydrogen-bond acceptors (Lipinski definition) is 3. The van der Waals surface area contributed by atoms with Gasteiger partial charge in [-0.15, -0.1) is 0 Å². The number of hydrogen-bond donors (Lipinski definition) is 1. The summed E-state index contributed by atoms with van der Waals surface area (Å²) >= 11 is 0. The van der Waals surface area contributed by atoms with Crippen molar-refractivity contribution in [3.05, 3.63) is 35.9 Å². The standard InChI is InChI=1S/C14H21NO2/c16-10-12-17-11-9-15-8-4-7-14(15)13-5-2-1-3-6-13/h1-3,5-6,14,16H,4,7-12H2. The predicted molar refractivity (Wildman–Crippen MR) is 67.9 cm³/mol. The molecule has 2 rings (SSSR count). The average Bonchev–Trinajstić information content (AvgIpc) is 2.84. The van der Waals surface area contributed by atoms with Crippen LogP contribution in [-0.2, 0) is 4.74 Å². The average molecular weight is 235 g/mol. The predicted octanol–water partition coefficient (Wildman–Crippen LogP) is 1.83. The third-order valence-corrected chi connectivity index (χ3v) is 3.31. The molecule has 1 fully saturated rings. The van der Waals surface area contributed by atoms with Crippen LogP contribution in [0.15, 0.2) is 30.3 Å².